The van der Waals surface area contributed by atoms with Crippen LogP contribution in [0.25, 0.3) is 10.9 Å². The van der Waals surface area contributed by atoms with Crippen molar-refractivity contribution in [3.8, 4) is 0 Å². The van der Waals surface area contributed by atoms with Crippen molar-refractivity contribution in [2.75, 3.05) is 23.7 Å². The number of sulfonamides is 1. The number of hydrogen-bond donors (Lipinski definition) is 2. The Morgan fingerprint density at radius 1 is 1.15 bits per heavy atom. The van der Waals surface area contributed by atoms with Crippen molar-refractivity contribution in [3.63, 3.8) is 0 Å². The second-order valence-electron chi connectivity index (χ2n) is 6.20. The molecular weight excluding hydrogens is 369 g/mol. The van der Waals surface area contributed by atoms with Gasteiger partial charge < -0.3 is 10.3 Å². The summed E-state index contributed by atoms with van der Waals surface area (Å²) in [6, 6.07) is 12.9. The van der Waals surface area contributed by atoms with E-state index in [1.807, 2.05) is 24.3 Å². The van der Waals surface area contributed by atoms with E-state index in [9.17, 15) is 17.6 Å². The average Bonchev–Trinajstić information content (AvgIpc) is 3.02. The van der Waals surface area contributed by atoms with Crippen LogP contribution < -0.4 is 9.62 Å². The summed E-state index contributed by atoms with van der Waals surface area (Å²) < 4.78 is 38.2. The molecule has 0 saturated heterocycles. The number of H-pyrrole nitrogens is 1. The topological polar surface area (TPSA) is 82.3 Å². The van der Waals surface area contributed by atoms with E-state index in [-0.39, 0.29) is 25.4 Å². The zero-order valence-electron chi connectivity index (χ0n) is 14.8. The highest BCUT2D eigenvalue weighted by molar-refractivity contribution is 7.92. The zero-order chi connectivity index (χ0) is 19.4. The molecule has 8 heteroatoms. The van der Waals surface area contributed by atoms with E-state index in [0.29, 0.717) is 5.69 Å². The van der Waals surface area contributed by atoms with Gasteiger partial charge in [-0.25, -0.2) is 12.8 Å². The van der Waals surface area contributed by atoms with E-state index in [0.717, 1.165) is 27.0 Å². The normalized spacial score (nSPS) is 11.5. The predicted octanol–water partition coefficient (Wildman–Crippen LogP) is 2.43. The second-order valence-corrected chi connectivity index (χ2v) is 8.10. The van der Waals surface area contributed by atoms with Crippen LogP contribution in [-0.2, 0) is 21.2 Å². The summed E-state index contributed by atoms with van der Waals surface area (Å²) in [4.78, 5) is 15.3. The molecule has 142 valence electrons. The summed E-state index contributed by atoms with van der Waals surface area (Å²) in [6.07, 6.45) is 3.06. The van der Waals surface area contributed by atoms with Gasteiger partial charge in [-0.2, -0.15) is 0 Å². The molecule has 1 aromatic heterocycles. The van der Waals surface area contributed by atoms with E-state index < -0.39 is 15.8 Å². The number of carbonyl (C=O) groups is 1. The molecule has 0 saturated carbocycles. The third-order valence-corrected chi connectivity index (χ3v) is 5.37. The average molecular weight is 389 g/mol. The molecule has 0 aliphatic carbocycles. The number of aromatic amines is 1. The number of para-hydroxylation sites is 1. The Morgan fingerprint density at radius 2 is 1.85 bits per heavy atom. The molecule has 0 spiro atoms. The molecule has 0 unspecified atom stereocenters. The van der Waals surface area contributed by atoms with E-state index in [1.54, 1.807) is 6.20 Å². The fourth-order valence-corrected chi connectivity index (χ4v) is 3.83. The third kappa shape index (κ3) is 4.65. The molecule has 3 rings (SSSR count). The third-order valence-electron chi connectivity index (χ3n) is 4.18. The quantitative estimate of drug-likeness (QED) is 0.651. The van der Waals surface area contributed by atoms with Crippen molar-refractivity contribution in [1.82, 2.24) is 10.3 Å². The number of fused-ring (bicyclic) bond motifs is 1. The lowest BCUT2D eigenvalue weighted by Gasteiger charge is -2.22. The fraction of sp³-hybridized carbons (Fsp3) is 0.211. The standard InChI is InChI=1S/C19H20FN3O3S/c1-27(25,26)23(16-8-6-15(20)7-9-16)11-10-21-19(24)12-14-13-22-18-5-3-2-4-17(14)18/h2-9,13,22H,10-12H2,1H3,(H,21,24). The Bertz CT molecular complexity index is 1050. The van der Waals surface area contributed by atoms with Crippen molar-refractivity contribution >= 4 is 32.5 Å². The minimum absolute atomic E-state index is 0.0596. The Balaban J connectivity index is 1.61. The van der Waals surface area contributed by atoms with Gasteiger partial charge in [0.1, 0.15) is 5.82 Å². The van der Waals surface area contributed by atoms with Gasteiger partial charge in [0, 0.05) is 23.6 Å². The lowest BCUT2D eigenvalue weighted by molar-refractivity contribution is -0.120. The van der Waals surface area contributed by atoms with Gasteiger partial charge in [-0.05, 0) is 35.9 Å². The summed E-state index contributed by atoms with van der Waals surface area (Å²) in [5.74, 6) is -0.647. The van der Waals surface area contributed by atoms with Crippen LogP contribution in [0.4, 0.5) is 10.1 Å². The van der Waals surface area contributed by atoms with Crippen molar-refractivity contribution < 1.29 is 17.6 Å². The number of amides is 1. The van der Waals surface area contributed by atoms with Crippen LogP contribution in [0.15, 0.2) is 54.7 Å². The van der Waals surface area contributed by atoms with Crippen LogP contribution in [0.2, 0.25) is 0 Å². The summed E-state index contributed by atoms with van der Waals surface area (Å²) in [5, 5.41) is 3.72. The van der Waals surface area contributed by atoms with Crippen molar-refractivity contribution in [1.29, 1.82) is 0 Å². The Kier molecular flexibility index (Phi) is 5.46. The summed E-state index contributed by atoms with van der Waals surface area (Å²) in [7, 11) is -3.55. The highest BCUT2D eigenvalue weighted by atomic mass is 32.2. The predicted molar refractivity (Wildman–Crippen MR) is 104 cm³/mol. The molecule has 3 aromatic rings. The lowest BCUT2D eigenvalue weighted by Crippen LogP contribution is -2.38. The minimum atomic E-state index is -3.55. The molecule has 2 aromatic carbocycles. The molecular formula is C19H20FN3O3S. The number of aromatic nitrogens is 1. The van der Waals surface area contributed by atoms with Gasteiger partial charge in [0.2, 0.25) is 15.9 Å². The van der Waals surface area contributed by atoms with Crippen LogP contribution >= 0.6 is 0 Å². The Labute approximate surface area is 157 Å². The first-order valence-corrected chi connectivity index (χ1v) is 10.2. The maximum Gasteiger partial charge on any atom is 0.232 e. The van der Waals surface area contributed by atoms with Gasteiger partial charge in [-0.1, -0.05) is 18.2 Å². The van der Waals surface area contributed by atoms with E-state index in [2.05, 4.69) is 10.3 Å². The molecule has 0 atom stereocenters. The molecule has 0 aliphatic rings. The molecule has 27 heavy (non-hydrogen) atoms. The number of nitrogens with one attached hydrogen (secondary N) is 2. The molecule has 0 radical (unpaired) electrons. The maximum absolute atomic E-state index is 13.1. The van der Waals surface area contributed by atoms with Gasteiger partial charge in [0.05, 0.1) is 24.9 Å². The largest absolute Gasteiger partial charge is 0.361 e. The highest BCUT2D eigenvalue weighted by Crippen LogP contribution is 2.19. The van der Waals surface area contributed by atoms with Crippen LogP contribution in [0.5, 0.6) is 0 Å². The van der Waals surface area contributed by atoms with Gasteiger partial charge in [0.15, 0.2) is 0 Å². The van der Waals surface area contributed by atoms with Crippen molar-refractivity contribution in [3.05, 3.63) is 66.1 Å². The van der Waals surface area contributed by atoms with E-state index in [4.69, 9.17) is 0 Å². The molecule has 0 bridgehead atoms. The second kappa shape index (κ2) is 7.79. The smallest absolute Gasteiger partial charge is 0.232 e. The van der Waals surface area contributed by atoms with Crippen LogP contribution in [0, 0.1) is 5.82 Å². The summed E-state index contributed by atoms with van der Waals surface area (Å²) >= 11 is 0. The first-order valence-electron chi connectivity index (χ1n) is 8.39. The molecule has 0 aliphatic heterocycles. The first-order chi connectivity index (χ1) is 12.8. The number of benzene rings is 2. The lowest BCUT2D eigenvalue weighted by atomic mass is 10.1. The minimum Gasteiger partial charge on any atom is -0.361 e. The number of carbonyl (C=O) groups excluding carboxylic acids is 1. The number of rotatable bonds is 7. The highest BCUT2D eigenvalue weighted by Gasteiger charge is 2.17. The van der Waals surface area contributed by atoms with Crippen molar-refractivity contribution in [2.24, 2.45) is 0 Å². The monoisotopic (exact) mass is 389 g/mol. The number of hydrogen-bond acceptors (Lipinski definition) is 3. The first kappa shape index (κ1) is 18.9. The van der Waals surface area contributed by atoms with Crippen molar-refractivity contribution in [2.45, 2.75) is 6.42 Å². The number of anilines is 1. The van der Waals surface area contributed by atoms with Gasteiger partial charge in [0.25, 0.3) is 0 Å². The summed E-state index contributed by atoms with van der Waals surface area (Å²) in [6.45, 7) is 0.204. The fourth-order valence-electron chi connectivity index (χ4n) is 2.90. The summed E-state index contributed by atoms with van der Waals surface area (Å²) in [5.41, 5.74) is 2.19. The molecule has 1 heterocycles. The molecule has 2 N–H and O–H groups in total. The maximum atomic E-state index is 13.1. The Hall–Kier alpha value is -2.87. The molecule has 1 amide bonds. The number of halogens is 1. The molecule has 0 fully saturated rings. The van der Waals surface area contributed by atoms with Gasteiger partial charge in [-0.15, -0.1) is 0 Å². The van der Waals surface area contributed by atoms with Gasteiger partial charge in [-0.3, -0.25) is 9.10 Å². The zero-order valence-corrected chi connectivity index (χ0v) is 15.6. The van der Waals surface area contributed by atoms with Crippen LogP contribution in [0.3, 0.4) is 0 Å². The molecule has 6 nitrogen and oxygen atoms in total. The number of nitrogens with zero attached hydrogens (tertiary/aromatic N) is 1. The van der Waals surface area contributed by atoms with E-state index >= 15 is 0 Å². The van der Waals surface area contributed by atoms with E-state index in [1.165, 1.54) is 24.3 Å². The van der Waals surface area contributed by atoms with Gasteiger partial charge >= 0.3 is 0 Å². The SMILES string of the molecule is CS(=O)(=O)N(CCNC(=O)Cc1c[nH]c2ccccc12)c1ccc(F)cc1. The Morgan fingerprint density at radius 3 is 2.56 bits per heavy atom. The van der Waals surface area contributed by atoms with Crippen LogP contribution in [-0.4, -0.2) is 38.7 Å². The van der Waals surface area contributed by atoms with Crippen LogP contribution in [0.1, 0.15) is 5.56 Å².